The summed E-state index contributed by atoms with van der Waals surface area (Å²) in [5.41, 5.74) is -0.500. The zero-order chi connectivity index (χ0) is 16.0. The van der Waals surface area contributed by atoms with Crippen molar-refractivity contribution in [1.82, 2.24) is 5.32 Å². The normalized spacial score (nSPS) is 11.1. The number of methoxy groups -OCH3 is 1. The molecule has 2 amide bonds. The van der Waals surface area contributed by atoms with E-state index in [0.29, 0.717) is 23.9 Å². The maximum Gasteiger partial charge on any atom is 0.239 e. The number of ether oxygens (including phenoxy) is 1. The molecule has 0 heterocycles. The van der Waals surface area contributed by atoms with E-state index in [0.717, 1.165) is 0 Å². The molecule has 1 aromatic rings. The fourth-order valence-corrected chi connectivity index (χ4v) is 1.58. The van der Waals surface area contributed by atoms with Gasteiger partial charge in [-0.3, -0.25) is 9.59 Å². The second-order valence-electron chi connectivity index (χ2n) is 5.91. The van der Waals surface area contributed by atoms with Gasteiger partial charge in [-0.1, -0.05) is 13.8 Å². The molecule has 1 rings (SSSR count). The number of amides is 2. The number of benzene rings is 1. The average molecular weight is 292 g/mol. The number of carbonyl (C=O) groups is 2. The van der Waals surface area contributed by atoms with E-state index >= 15 is 0 Å². The topological polar surface area (TPSA) is 67.4 Å². The van der Waals surface area contributed by atoms with E-state index in [4.69, 9.17) is 4.74 Å². The van der Waals surface area contributed by atoms with Crippen LogP contribution in [0.4, 0.5) is 5.69 Å². The van der Waals surface area contributed by atoms with Crippen molar-refractivity contribution >= 4 is 17.5 Å². The number of carbonyl (C=O) groups excluding carboxylic acids is 2. The van der Waals surface area contributed by atoms with Gasteiger partial charge < -0.3 is 15.4 Å². The fraction of sp³-hybridized carbons (Fsp3) is 0.500. The van der Waals surface area contributed by atoms with Crippen LogP contribution in [0.1, 0.15) is 27.7 Å². The Morgan fingerprint density at radius 3 is 2.19 bits per heavy atom. The summed E-state index contributed by atoms with van der Waals surface area (Å²) >= 11 is 0. The van der Waals surface area contributed by atoms with Gasteiger partial charge in [0.1, 0.15) is 11.2 Å². The molecule has 21 heavy (non-hydrogen) atoms. The first-order valence-corrected chi connectivity index (χ1v) is 7.01. The van der Waals surface area contributed by atoms with Crippen molar-refractivity contribution < 1.29 is 14.3 Å². The van der Waals surface area contributed by atoms with E-state index in [1.807, 2.05) is 13.8 Å². The van der Waals surface area contributed by atoms with Gasteiger partial charge in [0.2, 0.25) is 11.8 Å². The predicted molar refractivity (Wildman–Crippen MR) is 83.3 cm³/mol. The molecule has 0 radical (unpaired) electrons. The Hall–Kier alpha value is -2.04. The highest BCUT2D eigenvalue weighted by Gasteiger charge is 2.35. The highest BCUT2D eigenvalue weighted by atomic mass is 16.5. The summed E-state index contributed by atoms with van der Waals surface area (Å²) < 4.78 is 5.06. The first-order valence-electron chi connectivity index (χ1n) is 7.01. The zero-order valence-corrected chi connectivity index (χ0v) is 13.3. The number of rotatable bonds is 6. The summed E-state index contributed by atoms with van der Waals surface area (Å²) in [6.45, 7) is 7.79. The van der Waals surface area contributed by atoms with Crippen molar-refractivity contribution in [2.45, 2.75) is 27.7 Å². The molecule has 116 valence electrons. The standard InChI is InChI=1S/C16H24N2O3/c1-11(2)10-17-14(19)16(3,4)15(20)18-12-6-8-13(21-5)9-7-12/h6-9,11H,10H2,1-5H3,(H,17,19)(H,18,20). The van der Waals surface area contributed by atoms with Crippen molar-refractivity contribution in [3.63, 3.8) is 0 Å². The van der Waals surface area contributed by atoms with Crippen LogP contribution in [0.5, 0.6) is 5.75 Å². The van der Waals surface area contributed by atoms with E-state index < -0.39 is 5.41 Å². The summed E-state index contributed by atoms with van der Waals surface area (Å²) in [6.07, 6.45) is 0. The molecule has 0 aliphatic carbocycles. The summed E-state index contributed by atoms with van der Waals surface area (Å²) in [5.74, 6) is 0.437. The molecule has 0 bridgehead atoms. The molecule has 5 nitrogen and oxygen atoms in total. The highest BCUT2D eigenvalue weighted by Crippen LogP contribution is 2.21. The third-order valence-electron chi connectivity index (χ3n) is 3.15. The van der Waals surface area contributed by atoms with E-state index in [1.165, 1.54) is 0 Å². The molecule has 0 aliphatic heterocycles. The summed E-state index contributed by atoms with van der Waals surface area (Å²) in [7, 11) is 1.58. The molecule has 0 saturated heterocycles. The van der Waals surface area contributed by atoms with Crippen LogP contribution in [-0.4, -0.2) is 25.5 Å². The molecular weight excluding hydrogens is 268 g/mol. The van der Waals surface area contributed by atoms with Gasteiger partial charge >= 0.3 is 0 Å². The molecule has 0 aliphatic rings. The minimum atomic E-state index is -1.13. The van der Waals surface area contributed by atoms with Gasteiger partial charge in [0.05, 0.1) is 7.11 Å². The Bertz CT molecular complexity index is 493. The number of hydrogen-bond acceptors (Lipinski definition) is 3. The first kappa shape index (κ1) is 17.0. The van der Waals surface area contributed by atoms with Gasteiger partial charge in [-0.05, 0) is 44.0 Å². The van der Waals surface area contributed by atoms with Gasteiger partial charge in [0.25, 0.3) is 0 Å². The van der Waals surface area contributed by atoms with Crippen LogP contribution in [0.25, 0.3) is 0 Å². The van der Waals surface area contributed by atoms with Crippen LogP contribution in [0, 0.1) is 11.3 Å². The zero-order valence-electron chi connectivity index (χ0n) is 13.3. The van der Waals surface area contributed by atoms with Crippen molar-refractivity contribution in [2.24, 2.45) is 11.3 Å². The summed E-state index contributed by atoms with van der Waals surface area (Å²) in [5, 5.41) is 5.53. The second-order valence-corrected chi connectivity index (χ2v) is 5.91. The number of anilines is 1. The van der Waals surface area contributed by atoms with E-state index in [9.17, 15) is 9.59 Å². The first-order chi connectivity index (χ1) is 9.77. The van der Waals surface area contributed by atoms with Crippen LogP contribution < -0.4 is 15.4 Å². The van der Waals surface area contributed by atoms with E-state index in [2.05, 4.69) is 10.6 Å². The monoisotopic (exact) mass is 292 g/mol. The highest BCUT2D eigenvalue weighted by molar-refractivity contribution is 6.09. The van der Waals surface area contributed by atoms with Crippen molar-refractivity contribution in [1.29, 1.82) is 0 Å². The van der Waals surface area contributed by atoms with Crippen LogP contribution in [0.3, 0.4) is 0 Å². The molecular formula is C16H24N2O3. The number of nitrogens with one attached hydrogen (secondary N) is 2. The van der Waals surface area contributed by atoms with Crippen LogP contribution in [0.15, 0.2) is 24.3 Å². The molecule has 0 atom stereocenters. The van der Waals surface area contributed by atoms with Gasteiger partial charge in [0, 0.05) is 12.2 Å². The summed E-state index contributed by atoms with van der Waals surface area (Å²) in [6, 6.07) is 6.97. The van der Waals surface area contributed by atoms with E-state index in [1.54, 1.807) is 45.2 Å². The Morgan fingerprint density at radius 1 is 1.14 bits per heavy atom. The Kier molecular flexibility index (Phi) is 5.76. The lowest BCUT2D eigenvalue weighted by Gasteiger charge is -2.23. The predicted octanol–water partition coefficient (Wildman–Crippen LogP) is 2.43. The minimum absolute atomic E-state index is 0.276. The quantitative estimate of drug-likeness (QED) is 0.791. The second kappa shape index (κ2) is 7.11. The Morgan fingerprint density at radius 2 is 1.71 bits per heavy atom. The molecule has 0 saturated carbocycles. The van der Waals surface area contributed by atoms with Gasteiger partial charge in [0.15, 0.2) is 0 Å². The fourth-order valence-electron chi connectivity index (χ4n) is 1.58. The minimum Gasteiger partial charge on any atom is -0.497 e. The molecule has 0 spiro atoms. The molecule has 5 heteroatoms. The average Bonchev–Trinajstić information content (AvgIpc) is 2.45. The third-order valence-corrected chi connectivity index (χ3v) is 3.15. The van der Waals surface area contributed by atoms with Gasteiger partial charge in [-0.15, -0.1) is 0 Å². The largest absolute Gasteiger partial charge is 0.497 e. The molecule has 2 N–H and O–H groups in total. The lowest BCUT2D eigenvalue weighted by molar-refractivity contribution is -0.138. The van der Waals surface area contributed by atoms with E-state index in [-0.39, 0.29) is 11.8 Å². The molecule has 0 aromatic heterocycles. The SMILES string of the molecule is COc1ccc(NC(=O)C(C)(C)C(=O)NCC(C)C)cc1. The van der Waals surface area contributed by atoms with Crippen LogP contribution in [0.2, 0.25) is 0 Å². The van der Waals surface area contributed by atoms with Crippen molar-refractivity contribution in [3.8, 4) is 5.75 Å². The smallest absolute Gasteiger partial charge is 0.239 e. The maximum atomic E-state index is 12.3. The molecule has 0 fully saturated rings. The van der Waals surface area contributed by atoms with Crippen LogP contribution >= 0.6 is 0 Å². The van der Waals surface area contributed by atoms with Crippen molar-refractivity contribution in [2.75, 3.05) is 19.0 Å². The molecule has 1 aromatic carbocycles. The third kappa shape index (κ3) is 4.77. The maximum absolute atomic E-state index is 12.3. The van der Waals surface area contributed by atoms with Gasteiger partial charge in [-0.2, -0.15) is 0 Å². The lowest BCUT2D eigenvalue weighted by Crippen LogP contribution is -2.46. The van der Waals surface area contributed by atoms with Crippen LogP contribution in [-0.2, 0) is 9.59 Å². The lowest BCUT2D eigenvalue weighted by atomic mass is 9.90. The van der Waals surface area contributed by atoms with Crippen molar-refractivity contribution in [3.05, 3.63) is 24.3 Å². The van der Waals surface area contributed by atoms with Gasteiger partial charge in [-0.25, -0.2) is 0 Å². The Labute approximate surface area is 126 Å². The summed E-state index contributed by atoms with van der Waals surface area (Å²) in [4.78, 5) is 24.4. The Balaban J connectivity index is 2.69. The number of hydrogen-bond donors (Lipinski definition) is 2. The molecule has 0 unspecified atom stereocenters.